The van der Waals surface area contributed by atoms with Crippen LogP contribution in [0.25, 0.3) is 0 Å². The molecular weight excluding hydrogens is 206 g/mol. The first-order valence-corrected chi connectivity index (χ1v) is 5.89. The zero-order chi connectivity index (χ0) is 11.7. The first-order valence-electron chi connectivity index (χ1n) is 5.89. The number of fused-ring (bicyclic) bond motifs is 1. The summed E-state index contributed by atoms with van der Waals surface area (Å²) in [5.74, 6) is -0.170. The molecule has 2 heterocycles. The molecule has 0 aromatic rings. The van der Waals surface area contributed by atoms with E-state index in [1.165, 1.54) is 4.90 Å². The number of carbonyl (C=O) groups is 2. The molecule has 2 fully saturated rings. The molecule has 0 aromatic carbocycles. The summed E-state index contributed by atoms with van der Waals surface area (Å²) in [5.41, 5.74) is 5.47. The topological polar surface area (TPSA) is 66.6 Å². The van der Waals surface area contributed by atoms with Crippen LogP contribution in [0.3, 0.4) is 0 Å². The van der Waals surface area contributed by atoms with Crippen molar-refractivity contribution in [2.75, 3.05) is 33.2 Å². The van der Waals surface area contributed by atoms with Crippen LogP contribution in [0.4, 0.5) is 0 Å². The number of imide groups is 1. The Balaban J connectivity index is 1.99. The van der Waals surface area contributed by atoms with Crippen molar-refractivity contribution in [1.82, 2.24) is 9.80 Å². The van der Waals surface area contributed by atoms with E-state index in [0.29, 0.717) is 6.54 Å². The highest BCUT2D eigenvalue weighted by Gasteiger charge is 2.47. The minimum Gasteiger partial charge on any atom is -0.330 e. The Morgan fingerprint density at radius 3 is 2.69 bits per heavy atom. The van der Waals surface area contributed by atoms with E-state index in [9.17, 15) is 9.59 Å². The molecule has 2 atom stereocenters. The molecule has 0 spiro atoms. The van der Waals surface area contributed by atoms with Crippen LogP contribution in [0.15, 0.2) is 0 Å². The van der Waals surface area contributed by atoms with Gasteiger partial charge in [0.1, 0.15) is 0 Å². The number of rotatable bonds is 3. The summed E-state index contributed by atoms with van der Waals surface area (Å²) in [6.45, 7) is 3.25. The van der Waals surface area contributed by atoms with Gasteiger partial charge in [-0.1, -0.05) is 0 Å². The Hall–Kier alpha value is -0.940. The molecule has 2 rings (SSSR count). The second-order valence-corrected chi connectivity index (χ2v) is 4.68. The highest BCUT2D eigenvalue weighted by Crippen LogP contribution is 2.32. The summed E-state index contributed by atoms with van der Waals surface area (Å²) in [5, 5.41) is 0. The average Bonchev–Trinajstić information content (AvgIpc) is 2.52. The second-order valence-electron chi connectivity index (χ2n) is 4.68. The van der Waals surface area contributed by atoms with Gasteiger partial charge in [0.15, 0.2) is 0 Å². The lowest BCUT2D eigenvalue weighted by atomic mass is 9.88. The Labute approximate surface area is 95.6 Å². The highest BCUT2D eigenvalue weighted by molar-refractivity contribution is 6.05. The fourth-order valence-electron chi connectivity index (χ4n) is 2.69. The number of nitrogens with two attached hydrogens (primary N) is 1. The van der Waals surface area contributed by atoms with E-state index < -0.39 is 0 Å². The molecule has 5 heteroatoms. The van der Waals surface area contributed by atoms with Crippen LogP contribution in [-0.4, -0.2) is 54.8 Å². The van der Waals surface area contributed by atoms with Gasteiger partial charge in [-0.2, -0.15) is 0 Å². The summed E-state index contributed by atoms with van der Waals surface area (Å²) >= 11 is 0. The molecule has 16 heavy (non-hydrogen) atoms. The van der Waals surface area contributed by atoms with Crippen molar-refractivity contribution in [3.8, 4) is 0 Å². The number of amides is 2. The van der Waals surface area contributed by atoms with Crippen LogP contribution < -0.4 is 5.73 Å². The van der Waals surface area contributed by atoms with Crippen molar-refractivity contribution in [1.29, 1.82) is 0 Å². The third kappa shape index (κ3) is 1.85. The second kappa shape index (κ2) is 4.51. The van der Waals surface area contributed by atoms with Gasteiger partial charge in [0.25, 0.3) is 0 Å². The van der Waals surface area contributed by atoms with Gasteiger partial charge < -0.3 is 10.6 Å². The van der Waals surface area contributed by atoms with Crippen LogP contribution in [0.5, 0.6) is 0 Å². The molecule has 90 valence electrons. The number of hydrogen-bond donors (Lipinski definition) is 1. The van der Waals surface area contributed by atoms with Crippen LogP contribution >= 0.6 is 0 Å². The van der Waals surface area contributed by atoms with E-state index in [-0.39, 0.29) is 23.7 Å². The van der Waals surface area contributed by atoms with Gasteiger partial charge in [-0.05, 0) is 32.5 Å². The lowest BCUT2D eigenvalue weighted by Gasteiger charge is -2.32. The molecule has 2 N–H and O–H groups in total. The van der Waals surface area contributed by atoms with Crippen molar-refractivity contribution in [2.24, 2.45) is 17.6 Å². The number of nitrogens with zero attached hydrogens (tertiary/aromatic N) is 2. The summed E-state index contributed by atoms with van der Waals surface area (Å²) in [7, 11) is 1.59. The van der Waals surface area contributed by atoms with E-state index in [0.717, 1.165) is 32.5 Å². The maximum Gasteiger partial charge on any atom is 0.234 e. The van der Waals surface area contributed by atoms with Crippen LogP contribution in [0, 0.1) is 11.8 Å². The monoisotopic (exact) mass is 225 g/mol. The molecule has 2 aliphatic heterocycles. The van der Waals surface area contributed by atoms with Crippen molar-refractivity contribution in [3.05, 3.63) is 0 Å². The maximum atomic E-state index is 11.8. The summed E-state index contributed by atoms with van der Waals surface area (Å²) in [6.07, 6.45) is 1.76. The van der Waals surface area contributed by atoms with Crippen LogP contribution in [-0.2, 0) is 9.59 Å². The fraction of sp³-hybridized carbons (Fsp3) is 0.818. The molecule has 0 aromatic heterocycles. The molecular formula is C11H19N3O2. The van der Waals surface area contributed by atoms with E-state index in [1.807, 2.05) is 0 Å². The Bertz CT molecular complexity index is 306. The van der Waals surface area contributed by atoms with E-state index in [4.69, 9.17) is 5.73 Å². The minimum absolute atomic E-state index is 0.00699. The van der Waals surface area contributed by atoms with Crippen molar-refractivity contribution in [2.45, 2.75) is 12.8 Å². The first kappa shape index (κ1) is 11.5. The molecule has 5 nitrogen and oxygen atoms in total. The summed E-state index contributed by atoms with van der Waals surface area (Å²) in [4.78, 5) is 27.1. The van der Waals surface area contributed by atoms with Gasteiger partial charge in [0.2, 0.25) is 11.8 Å². The maximum absolute atomic E-state index is 11.8. The zero-order valence-electron chi connectivity index (χ0n) is 9.69. The number of carbonyl (C=O) groups excluding carboxylic acids is 2. The lowest BCUT2D eigenvalue weighted by molar-refractivity contribution is -0.138. The lowest BCUT2D eigenvalue weighted by Crippen LogP contribution is -2.42. The van der Waals surface area contributed by atoms with Crippen molar-refractivity contribution < 1.29 is 9.59 Å². The minimum atomic E-state index is -0.107. The van der Waals surface area contributed by atoms with Gasteiger partial charge in [-0.25, -0.2) is 0 Å². The molecule has 2 saturated heterocycles. The quantitative estimate of drug-likeness (QED) is 0.643. The van der Waals surface area contributed by atoms with Crippen LogP contribution in [0.1, 0.15) is 12.8 Å². The first-order chi connectivity index (χ1) is 7.65. The number of likely N-dealkylation sites (tertiary alicyclic amines) is 2. The Kier molecular flexibility index (Phi) is 3.25. The van der Waals surface area contributed by atoms with Crippen molar-refractivity contribution in [3.63, 3.8) is 0 Å². The van der Waals surface area contributed by atoms with Gasteiger partial charge in [-0.3, -0.25) is 14.5 Å². The normalized spacial score (nSPS) is 31.0. The molecule has 2 amide bonds. The summed E-state index contributed by atoms with van der Waals surface area (Å²) < 4.78 is 0. The van der Waals surface area contributed by atoms with Crippen LogP contribution in [0.2, 0.25) is 0 Å². The van der Waals surface area contributed by atoms with Gasteiger partial charge in [0.05, 0.1) is 11.8 Å². The van der Waals surface area contributed by atoms with Gasteiger partial charge >= 0.3 is 0 Å². The predicted octanol–water partition coefficient (Wildman–Crippen LogP) is -0.728. The fourth-order valence-corrected chi connectivity index (χ4v) is 2.69. The number of piperidine rings is 1. The van der Waals surface area contributed by atoms with Gasteiger partial charge in [-0.15, -0.1) is 0 Å². The predicted molar refractivity (Wildman–Crippen MR) is 59.5 cm³/mol. The SMILES string of the molecule is CN1C(=O)[C@@H]2CCN(CCCN)C[C@H]2C1=O. The van der Waals surface area contributed by atoms with Gasteiger partial charge in [0, 0.05) is 13.6 Å². The average molecular weight is 225 g/mol. The summed E-state index contributed by atoms with van der Waals surface area (Å²) in [6, 6.07) is 0. The Morgan fingerprint density at radius 2 is 2.00 bits per heavy atom. The molecule has 0 radical (unpaired) electrons. The molecule has 0 unspecified atom stereocenters. The standard InChI is InChI=1S/C11H19N3O2/c1-13-10(15)8-3-6-14(5-2-4-12)7-9(8)11(13)16/h8-9H,2-7,12H2,1H3/t8-,9-/m1/s1. The van der Waals surface area contributed by atoms with Crippen molar-refractivity contribution >= 4 is 11.8 Å². The molecule has 0 saturated carbocycles. The smallest absolute Gasteiger partial charge is 0.234 e. The molecule has 0 bridgehead atoms. The largest absolute Gasteiger partial charge is 0.330 e. The Morgan fingerprint density at radius 1 is 1.31 bits per heavy atom. The third-order valence-corrected chi connectivity index (χ3v) is 3.67. The molecule has 2 aliphatic rings. The third-order valence-electron chi connectivity index (χ3n) is 3.67. The zero-order valence-corrected chi connectivity index (χ0v) is 9.69. The van der Waals surface area contributed by atoms with E-state index in [1.54, 1.807) is 7.05 Å². The number of hydrogen-bond acceptors (Lipinski definition) is 4. The van der Waals surface area contributed by atoms with E-state index >= 15 is 0 Å². The molecule has 0 aliphatic carbocycles. The highest BCUT2D eigenvalue weighted by atomic mass is 16.2. The van der Waals surface area contributed by atoms with E-state index in [2.05, 4.69) is 4.90 Å².